The van der Waals surface area contributed by atoms with Crippen LogP contribution < -0.4 is 15.0 Å². The molecular weight excluding hydrogens is 216 g/mol. The monoisotopic (exact) mass is 232 g/mol. The van der Waals surface area contributed by atoms with Crippen LogP contribution in [0.4, 0.5) is 5.69 Å². The molecule has 1 N–H and O–H groups in total. The molecule has 90 valence electrons. The predicted octanol–water partition coefficient (Wildman–Crippen LogP) is 1.43. The Morgan fingerprint density at radius 3 is 2.71 bits per heavy atom. The number of fused-ring (bicyclic) bond motifs is 1. The van der Waals surface area contributed by atoms with Crippen LogP contribution >= 0.6 is 0 Å². The van der Waals surface area contributed by atoms with Crippen molar-refractivity contribution >= 4 is 11.6 Å². The Hall–Kier alpha value is -1.55. The number of anilines is 1. The van der Waals surface area contributed by atoms with Crippen molar-refractivity contribution in [3.8, 4) is 5.75 Å². The zero-order valence-electron chi connectivity index (χ0n) is 9.95. The van der Waals surface area contributed by atoms with E-state index in [0.717, 1.165) is 37.5 Å². The van der Waals surface area contributed by atoms with Crippen molar-refractivity contribution in [2.24, 2.45) is 0 Å². The lowest BCUT2D eigenvalue weighted by atomic mass is 10.1. The van der Waals surface area contributed by atoms with Gasteiger partial charge in [0.05, 0.1) is 12.8 Å². The third-order valence-corrected chi connectivity index (χ3v) is 3.50. The van der Waals surface area contributed by atoms with E-state index in [4.69, 9.17) is 4.74 Å². The van der Waals surface area contributed by atoms with Gasteiger partial charge in [-0.05, 0) is 29.7 Å². The summed E-state index contributed by atoms with van der Waals surface area (Å²) in [6.45, 7) is 2.58. The minimum absolute atomic E-state index is 0.203. The predicted molar refractivity (Wildman–Crippen MR) is 65.1 cm³/mol. The van der Waals surface area contributed by atoms with E-state index < -0.39 is 0 Å². The van der Waals surface area contributed by atoms with Gasteiger partial charge in [0.2, 0.25) is 5.91 Å². The van der Waals surface area contributed by atoms with Gasteiger partial charge in [-0.2, -0.15) is 0 Å². The first-order valence-corrected chi connectivity index (χ1v) is 6.00. The van der Waals surface area contributed by atoms with Crippen LogP contribution in [0.3, 0.4) is 0 Å². The van der Waals surface area contributed by atoms with E-state index in [1.807, 2.05) is 4.90 Å². The summed E-state index contributed by atoms with van der Waals surface area (Å²) >= 11 is 0. The Morgan fingerprint density at radius 2 is 2.06 bits per heavy atom. The lowest BCUT2D eigenvalue weighted by Gasteiger charge is -2.20. The van der Waals surface area contributed by atoms with E-state index in [0.29, 0.717) is 6.42 Å². The fourth-order valence-corrected chi connectivity index (χ4v) is 2.59. The van der Waals surface area contributed by atoms with Gasteiger partial charge >= 0.3 is 0 Å². The summed E-state index contributed by atoms with van der Waals surface area (Å²) < 4.78 is 5.41. The van der Waals surface area contributed by atoms with E-state index in [-0.39, 0.29) is 5.91 Å². The summed E-state index contributed by atoms with van der Waals surface area (Å²) in [4.78, 5) is 13.6. The minimum atomic E-state index is 0.203. The van der Waals surface area contributed by atoms with Crippen molar-refractivity contribution in [3.63, 3.8) is 0 Å². The molecule has 0 unspecified atom stereocenters. The van der Waals surface area contributed by atoms with Crippen LogP contribution in [0.15, 0.2) is 12.1 Å². The second-order valence-electron chi connectivity index (χ2n) is 4.55. The van der Waals surface area contributed by atoms with Crippen molar-refractivity contribution in [1.82, 2.24) is 5.32 Å². The van der Waals surface area contributed by atoms with Gasteiger partial charge in [0.25, 0.3) is 0 Å². The Bertz CT molecular complexity index is 471. The third-order valence-electron chi connectivity index (χ3n) is 3.50. The normalized spacial score (nSPS) is 18.6. The van der Waals surface area contributed by atoms with Crippen molar-refractivity contribution in [2.75, 3.05) is 18.6 Å². The molecule has 2 aliphatic rings. The molecular formula is C13H16N2O2. The van der Waals surface area contributed by atoms with Crippen molar-refractivity contribution in [3.05, 3.63) is 23.3 Å². The number of nitrogens with one attached hydrogen (secondary N) is 1. The number of amides is 1. The highest BCUT2D eigenvalue weighted by Gasteiger charge is 2.26. The molecule has 1 aromatic rings. The maximum atomic E-state index is 11.8. The number of rotatable bonds is 2. The fourth-order valence-electron chi connectivity index (χ4n) is 2.59. The van der Waals surface area contributed by atoms with E-state index in [2.05, 4.69) is 17.4 Å². The smallest absolute Gasteiger partial charge is 0.227 e. The topological polar surface area (TPSA) is 41.6 Å². The standard InChI is InChI=1S/C13H16N2O2/c1-17-12-6-10-8-14-7-9(10)5-11(12)15-4-2-3-13(15)16/h5-6,14H,2-4,7-8H2,1H3. The summed E-state index contributed by atoms with van der Waals surface area (Å²) in [5.41, 5.74) is 3.48. The molecule has 0 spiro atoms. The Balaban J connectivity index is 2.05. The largest absolute Gasteiger partial charge is 0.495 e. The van der Waals surface area contributed by atoms with Gasteiger partial charge in [0.15, 0.2) is 0 Å². The van der Waals surface area contributed by atoms with Gasteiger partial charge in [-0.3, -0.25) is 4.79 Å². The number of ether oxygens (including phenoxy) is 1. The molecule has 0 aliphatic carbocycles. The number of benzene rings is 1. The Kier molecular flexibility index (Phi) is 2.52. The summed E-state index contributed by atoms with van der Waals surface area (Å²) in [6, 6.07) is 4.15. The Morgan fingerprint density at radius 1 is 1.29 bits per heavy atom. The molecule has 4 nitrogen and oxygen atoms in total. The second-order valence-corrected chi connectivity index (χ2v) is 4.55. The number of carbonyl (C=O) groups excluding carboxylic acids is 1. The van der Waals surface area contributed by atoms with E-state index in [1.165, 1.54) is 11.1 Å². The number of methoxy groups -OCH3 is 1. The highest BCUT2D eigenvalue weighted by atomic mass is 16.5. The lowest BCUT2D eigenvalue weighted by Crippen LogP contribution is -2.24. The van der Waals surface area contributed by atoms with Crippen LogP contribution in [0.5, 0.6) is 5.75 Å². The fraction of sp³-hybridized carbons (Fsp3) is 0.462. The molecule has 1 amide bonds. The molecule has 0 bridgehead atoms. The lowest BCUT2D eigenvalue weighted by molar-refractivity contribution is -0.117. The van der Waals surface area contributed by atoms with Crippen LogP contribution in [0.25, 0.3) is 0 Å². The molecule has 0 atom stereocenters. The van der Waals surface area contributed by atoms with Crippen molar-refractivity contribution in [2.45, 2.75) is 25.9 Å². The van der Waals surface area contributed by atoms with E-state index in [9.17, 15) is 4.79 Å². The van der Waals surface area contributed by atoms with Crippen LogP contribution in [0, 0.1) is 0 Å². The molecule has 4 heteroatoms. The average Bonchev–Trinajstić information content (AvgIpc) is 2.94. The van der Waals surface area contributed by atoms with Crippen LogP contribution in [-0.2, 0) is 17.9 Å². The first kappa shape index (κ1) is 10.6. The van der Waals surface area contributed by atoms with Crippen LogP contribution in [-0.4, -0.2) is 19.6 Å². The zero-order chi connectivity index (χ0) is 11.8. The summed E-state index contributed by atoms with van der Waals surface area (Å²) in [7, 11) is 1.66. The molecule has 3 rings (SSSR count). The SMILES string of the molecule is COc1cc2c(cc1N1CCCC1=O)CNC2. The molecule has 1 fully saturated rings. The van der Waals surface area contributed by atoms with Gasteiger partial charge in [-0.15, -0.1) is 0 Å². The molecule has 17 heavy (non-hydrogen) atoms. The second kappa shape index (κ2) is 4.04. The van der Waals surface area contributed by atoms with Crippen molar-refractivity contribution in [1.29, 1.82) is 0 Å². The maximum Gasteiger partial charge on any atom is 0.227 e. The van der Waals surface area contributed by atoms with Gasteiger partial charge in [-0.25, -0.2) is 0 Å². The molecule has 0 radical (unpaired) electrons. The minimum Gasteiger partial charge on any atom is -0.495 e. The van der Waals surface area contributed by atoms with Gasteiger partial charge in [0, 0.05) is 26.1 Å². The van der Waals surface area contributed by atoms with E-state index >= 15 is 0 Å². The molecule has 1 saturated heterocycles. The molecule has 0 saturated carbocycles. The third kappa shape index (κ3) is 1.69. The van der Waals surface area contributed by atoms with Gasteiger partial charge < -0.3 is 15.0 Å². The van der Waals surface area contributed by atoms with Crippen LogP contribution in [0.2, 0.25) is 0 Å². The number of hydrogen-bond donors (Lipinski definition) is 1. The first-order valence-electron chi connectivity index (χ1n) is 6.00. The summed E-state index contributed by atoms with van der Waals surface area (Å²) in [5, 5.41) is 3.31. The highest BCUT2D eigenvalue weighted by Crippen LogP contribution is 2.35. The quantitative estimate of drug-likeness (QED) is 0.838. The number of nitrogens with zero attached hydrogens (tertiary/aromatic N) is 1. The molecule has 2 heterocycles. The van der Waals surface area contributed by atoms with Crippen LogP contribution in [0.1, 0.15) is 24.0 Å². The number of hydrogen-bond acceptors (Lipinski definition) is 3. The van der Waals surface area contributed by atoms with E-state index in [1.54, 1.807) is 7.11 Å². The Labute approximate surface area is 101 Å². The zero-order valence-corrected chi connectivity index (χ0v) is 9.95. The molecule has 2 aliphatic heterocycles. The first-order chi connectivity index (χ1) is 8.29. The molecule has 1 aromatic carbocycles. The number of carbonyl (C=O) groups is 1. The summed E-state index contributed by atoms with van der Waals surface area (Å²) in [5.74, 6) is 1.01. The molecule has 0 aromatic heterocycles. The van der Waals surface area contributed by atoms with Gasteiger partial charge in [-0.1, -0.05) is 0 Å². The van der Waals surface area contributed by atoms with Crippen molar-refractivity contribution < 1.29 is 9.53 Å². The van der Waals surface area contributed by atoms with Gasteiger partial charge in [0.1, 0.15) is 5.75 Å². The summed E-state index contributed by atoms with van der Waals surface area (Å²) in [6.07, 6.45) is 1.59. The maximum absolute atomic E-state index is 11.8. The average molecular weight is 232 g/mol. The highest BCUT2D eigenvalue weighted by molar-refractivity contribution is 5.97.